The van der Waals surface area contributed by atoms with Gasteiger partial charge in [-0.3, -0.25) is 0 Å². The van der Waals surface area contributed by atoms with Crippen LogP contribution in [0.3, 0.4) is 0 Å². The smallest absolute Gasteiger partial charge is 0.408 e. The van der Waals surface area contributed by atoms with Gasteiger partial charge in [0.15, 0.2) is 0 Å². The first-order valence-electron chi connectivity index (χ1n) is 9.21. The van der Waals surface area contributed by atoms with Crippen LogP contribution in [0.5, 0.6) is 0 Å². The van der Waals surface area contributed by atoms with Crippen LogP contribution < -0.4 is 10.6 Å². The van der Waals surface area contributed by atoms with Gasteiger partial charge < -0.3 is 25.2 Å². The Morgan fingerprint density at radius 2 is 1.81 bits per heavy atom. The quantitative estimate of drug-likeness (QED) is 0.567. The van der Waals surface area contributed by atoms with Crippen LogP contribution in [0.25, 0.3) is 0 Å². The van der Waals surface area contributed by atoms with Gasteiger partial charge in [-0.1, -0.05) is 30.3 Å². The topological polar surface area (TPSA) is 114 Å². The van der Waals surface area contributed by atoms with E-state index in [4.69, 9.17) is 10.8 Å². The molecule has 1 aromatic rings. The maximum atomic E-state index is 11.9. The summed E-state index contributed by atoms with van der Waals surface area (Å²) in [5.41, 5.74) is 0.144. The van der Waals surface area contributed by atoms with Gasteiger partial charge in [-0.05, 0) is 45.6 Å². The summed E-state index contributed by atoms with van der Waals surface area (Å²) >= 11 is 0. The molecule has 0 aromatic heterocycles. The number of hydrogen-bond donors (Lipinski definition) is 3. The van der Waals surface area contributed by atoms with E-state index in [1.807, 2.05) is 6.07 Å². The van der Waals surface area contributed by atoms with E-state index in [0.29, 0.717) is 12.8 Å². The molecule has 150 valence electrons. The molecule has 8 nitrogen and oxygen atoms in total. The number of nitrogens with one attached hydrogen (secondary N) is 2. The fourth-order valence-corrected chi connectivity index (χ4v) is 2.04. The second-order valence-corrected chi connectivity index (χ2v) is 6.86. The Morgan fingerprint density at radius 1 is 1.15 bits per heavy atom. The van der Waals surface area contributed by atoms with Crippen LogP contribution in [-0.2, 0) is 20.9 Å². The molecule has 1 atom stereocenters. The third-order valence-electron chi connectivity index (χ3n) is 3.25. The molecule has 3 N–H and O–H groups in total. The van der Waals surface area contributed by atoms with Gasteiger partial charge in [-0.15, -0.1) is 0 Å². The predicted octanol–water partition coefficient (Wildman–Crippen LogP) is 3.06. The predicted molar refractivity (Wildman–Crippen MR) is 99.3 cm³/mol. The van der Waals surface area contributed by atoms with Gasteiger partial charge in [0.25, 0.3) is 0 Å². The molecule has 1 aromatic carbocycles. The van der Waals surface area contributed by atoms with Crippen molar-refractivity contribution in [2.45, 2.75) is 58.3 Å². The Labute approximate surface area is 160 Å². The number of unbranched alkanes of at least 4 members (excludes halogenated alkanes) is 1. The average molecular weight is 381 g/mol. The van der Waals surface area contributed by atoms with Gasteiger partial charge >= 0.3 is 18.2 Å². The number of aliphatic carboxylic acids is 1. The van der Waals surface area contributed by atoms with Crippen molar-refractivity contribution in [1.29, 1.82) is 0 Å². The molecular weight excluding hydrogens is 352 g/mol. The van der Waals surface area contributed by atoms with Crippen LogP contribution in [-0.4, -0.2) is 41.4 Å². The molecule has 0 saturated heterocycles. The highest BCUT2D eigenvalue weighted by Crippen LogP contribution is 2.07. The molecule has 1 rings (SSSR count). The number of carboxylic acid groups (broad SMARTS) is 1. The lowest BCUT2D eigenvalue weighted by Crippen LogP contribution is -2.41. The van der Waals surface area contributed by atoms with E-state index in [0.717, 1.165) is 5.56 Å². The van der Waals surface area contributed by atoms with E-state index >= 15 is 0 Å². The number of amides is 2. The summed E-state index contributed by atoms with van der Waals surface area (Å²) in [5.74, 6) is -1.48. The average Bonchev–Trinajstić information content (AvgIpc) is 2.59. The molecule has 0 spiro atoms. The number of carboxylic acids is 1. The number of carbonyl (C=O) groups is 3. The summed E-state index contributed by atoms with van der Waals surface area (Å²) in [6.07, 6.45) is -0.962. The molecule has 0 bridgehead atoms. The molecule has 0 radical (unpaired) electrons. The maximum absolute atomic E-state index is 11.9. The molecule has 27 heavy (non-hydrogen) atoms. The highest BCUT2D eigenvalue weighted by molar-refractivity contribution is 5.79. The molecule has 8 heteroatoms. The summed E-state index contributed by atoms with van der Waals surface area (Å²) in [6, 6.07) is 6.70. The Kier molecular flexibility index (Phi) is 8.41. The van der Waals surface area contributed by atoms with Crippen molar-refractivity contribution < 1.29 is 30.3 Å². The van der Waals surface area contributed by atoms with Gasteiger partial charge in [0.1, 0.15) is 18.2 Å². The van der Waals surface area contributed by atoms with Crippen molar-refractivity contribution in [2.24, 2.45) is 0 Å². The highest BCUT2D eigenvalue weighted by atomic mass is 16.6. The van der Waals surface area contributed by atoms with Crippen LogP contribution in [0.2, 0.25) is 0 Å². The largest absolute Gasteiger partial charge is 0.480 e. The van der Waals surface area contributed by atoms with E-state index < -0.39 is 29.8 Å². The second-order valence-electron chi connectivity index (χ2n) is 6.86. The second kappa shape index (κ2) is 11.1. The molecular formula is C19H28N2O6. The molecule has 0 aliphatic carbocycles. The van der Waals surface area contributed by atoms with E-state index in [2.05, 4.69) is 10.6 Å². The standard InChI is InChI=1S/C19H28N2O6/c1-19(2,3)27-17(24)20-12-8-7-11-15(16(22)23)21-18(25)26-13-14-9-5-4-6-10-14/h4-6,9-10,15H,7-8,11-13H2,1-3H3,(H,20,24)(H,21,25)(H,22,23)/i15D. The first-order valence-corrected chi connectivity index (χ1v) is 8.71. The first kappa shape index (κ1) is 20.5. The zero-order valence-electron chi connectivity index (χ0n) is 16.9. The number of ether oxygens (including phenoxy) is 2. The molecule has 2 amide bonds. The molecule has 0 saturated carbocycles. The van der Waals surface area contributed by atoms with Crippen molar-refractivity contribution in [3.8, 4) is 0 Å². The van der Waals surface area contributed by atoms with Crippen LogP contribution in [0.1, 0.15) is 47.0 Å². The third-order valence-corrected chi connectivity index (χ3v) is 3.25. The lowest BCUT2D eigenvalue weighted by atomic mass is 10.1. The summed E-state index contributed by atoms with van der Waals surface area (Å²) in [7, 11) is 0. The number of alkyl carbamates (subject to hydrolysis) is 2. The Bertz CT molecular complexity index is 662. The van der Waals surface area contributed by atoms with Gasteiger partial charge in [-0.2, -0.15) is 0 Å². The van der Waals surface area contributed by atoms with Crippen molar-refractivity contribution in [1.82, 2.24) is 10.6 Å². The van der Waals surface area contributed by atoms with Gasteiger partial charge in [0.2, 0.25) is 0 Å². The monoisotopic (exact) mass is 381 g/mol. The minimum atomic E-state index is -2.21. The van der Waals surface area contributed by atoms with Crippen LogP contribution in [0, 0.1) is 0 Å². The van der Waals surface area contributed by atoms with E-state index in [9.17, 15) is 19.5 Å². The zero-order chi connectivity index (χ0) is 21.2. The minimum Gasteiger partial charge on any atom is -0.480 e. The molecule has 1 unspecified atom stereocenters. The van der Waals surface area contributed by atoms with Gasteiger partial charge in [0.05, 0.1) is 1.37 Å². The van der Waals surface area contributed by atoms with Crippen LogP contribution >= 0.6 is 0 Å². The Morgan fingerprint density at radius 3 is 2.41 bits per heavy atom. The van der Waals surface area contributed by atoms with Gasteiger partial charge in [-0.25, -0.2) is 14.4 Å². The fourth-order valence-electron chi connectivity index (χ4n) is 2.04. The van der Waals surface area contributed by atoms with E-state index in [1.54, 1.807) is 45.0 Å². The van der Waals surface area contributed by atoms with Crippen LogP contribution in [0.4, 0.5) is 9.59 Å². The molecule has 0 aliphatic rings. The van der Waals surface area contributed by atoms with E-state index in [1.165, 1.54) is 0 Å². The first-order chi connectivity index (χ1) is 13.0. The third kappa shape index (κ3) is 10.7. The van der Waals surface area contributed by atoms with Crippen molar-refractivity contribution >= 4 is 18.2 Å². The summed E-state index contributed by atoms with van der Waals surface area (Å²) in [4.78, 5) is 34.8. The molecule has 0 fully saturated rings. The fraction of sp³-hybridized carbons (Fsp3) is 0.526. The summed E-state index contributed by atoms with van der Waals surface area (Å²) in [5, 5.41) is 13.9. The van der Waals surface area contributed by atoms with Crippen molar-refractivity contribution in [3.63, 3.8) is 0 Å². The SMILES string of the molecule is [2H]C(CCCCNC(=O)OC(C)(C)C)(NC(=O)OCc1ccccc1)C(=O)O. The molecule has 0 aliphatic heterocycles. The maximum Gasteiger partial charge on any atom is 0.408 e. The number of rotatable bonds is 9. The van der Waals surface area contributed by atoms with E-state index in [-0.39, 0.29) is 19.6 Å². The number of carbonyl (C=O) groups excluding carboxylic acids is 2. The normalized spacial score (nSPS) is 13.7. The van der Waals surface area contributed by atoms with Gasteiger partial charge in [0, 0.05) is 6.54 Å². The summed E-state index contributed by atoms with van der Waals surface area (Å²) in [6.45, 7) is 5.48. The van der Waals surface area contributed by atoms with Crippen molar-refractivity contribution in [3.05, 3.63) is 35.9 Å². The Hall–Kier alpha value is -2.77. The van der Waals surface area contributed by atoms with Crippen molar-refractivity contribution in [2.75, 3.05) is 6.54 Å². The highest BCUT2D eigenvalue weighted by Gasteiger charge is 2.20. The zero-order valence-corrected chi connectivity index (χ0v) is 15.9. The lowest BCUT2D eigenvalue weighted by molar-refractivity contribution is -0.139. The van der Waals surface area contributed by atoms with Crippen LogP contribution in [0.15, 0.2) is 30.3 Å². The molecule has 0 heterocycles. The minimum absolute atomic E-state index is 0.0256. The summed E-state index contributed by atoms with van der Waals surface area (Å²) < 4.78 is 18.1. The number of hydrogen-bond acceptors (Lipinski definition) is 5. The number of benzene rings is 1. The lowest BCUT2D eigenvalue weighted by Gasteiger charge is -2.19. The Balaban J connectivity index is 2.38.